The molecule has 5 heteroatoms. The molecule has 5 nitrogen and oxygen atoms in total. The van der Waals surface area contributed by atoms with E-state index >= 15 is 0 Å². The Morgan fingerprint density at radius 1 is 1.21 bits per heavy atom. The molecule has 0 aromatic heterocycles. The molecule has 3 aliphatic rings. The number of hydrogen-bond acceptors (Lipinski definition) is 3. The van der Waals surface area contributed by atoms with Crippen LogP contribution in [0.2, 0.25) is 0 Å². The van der Waals surface area contributed by atoms with Gasteiger partial charge in [0.25, 0.3) is 0 Å². The molecule has 3 amide bonds. The van der Waals surface area contributed by atoms with E-state index in [1.165, 1.54) is 4.90 Å². The molecule has 24 heavy (non-hydrogen) atoms. The third kappa shape index (κ3) is 2.34. The van der Waals surface area contributed by atoms with Crippen LogP contribution in [0.25, 0.3) is 0 Å². The van der Waals surface area contributed by atoms with Gasteiger partial charge in [0.05, 0.1) is 5.41 Å². The summed E-state index contributed by atoms with van der Waals surface area (Å²) < 4.78 is 0. The Kier molecular flexibility index (Phi) is 3.66. The molecule has 1 heterocycles. The first-order valence-corrected chi connectivity index (χ1v) is 8.83. The topological polar surface area (TPSA) is 66.5 Å². The van der Waals surface area contributed by atoms with E-state index in [2.05, 4.69) is 5.32 Å². The van der Waals surface area contributed by atoms with E-state index in [-0.39, 0.29) is 36.7 Å². The summed E-state index contributed by atoms with van der Waals surface area (Å²) in [6.45, 7) is -0.141. The smallest absolute Gasteiger partial charge is 0.240 e. The van der Waals surface area contributed by atoms with E-state index in [1.807, 2.05) is 24.3 Å². The predicted molar refractivity (Wildman–Crippen MR) is 88.2 cm³/mol. The third-order valence-electron chi connectivity index (χ3n) is 5.78. The van der Waals surface area contributed by atoms with Crippen LogP contribution in [0.4, 0.5) is 0 Å². The number of carbonyl (C=O) groups excluding carboxylic acids is 3. The standard InChI is InChI=1S/C19H22N2O3/c22-16(20-14-6-2-3-7-14)12-21-17(23)11-19(18(21)24)10-9-13-5-1-4-8-15(13)19/h1,4-5,8,14H,2-3,6-7,9-12H2,(H,20,22)/t19-/m1/s1. The Balaban J connectivity index is 1.51. The van der Waals surface area contributed by atoms with Gasteiger partial charge in [0, 0.05) is 12.5 Å². The Hall–Kier alpha value is -2.17. The molecule has 2 aliphatic carbocycles. The Labute approximate surface area is 141 Å². The van der Waals surface area contributed by atoms with Crippen molar-refractivity contribution < 1.29 is 14.4 Å². The number of hydrogen-bond donors (Lipinski definition) is 1. The van der Waals surface area contributed by atoms with Gasteiger partial charge in [-0.05, 0) is 36.8 Å². The van der Waals surface area contributed by atoms with Gasteiger partial charge in [0.1, 0.15) is 6.54 Å². The van der Waals surface area contributed by atoms with Gasteiger partial charge in [-0.15, -0.1) is 0 Å². The molecule has 0 radical (unpaired) electrons. The van der Waals surface area contributed by atoms with Gasteiger partial charge >= 0.3 is 0 Å². The second-order valence-electron chi connectivity index (χ2n) is 7.25. The largest absolute Gasteiger partial charge is 0.352 e. The van der Waals surface area contributed by atoms with Crippen molar-refractivity contribution in [1.29, 1.82) is 0 Å². The van der Waals surface area contributed by atoms with Gasteiger partial charge in [-0.3, -0.25) is 19.3 Å². The summed E-state index contributed by atoms with van der Waals surface area (Å²) in [5, 5.41) is 2.96. The second-order valence-corrected chi connectivity index (χ2v) is 7.25. The van der Waals surface area contributed by atoms with E-state index in [9.17, 15) is 14.4 Å². The van der Waals surface area contributed by atoms with E-state index in [0.717, 1.165) is 43.2 Å². The van der Waals surface area contributed by atoms with Crippen LogP contribution in [0.15, 0.2) is 24.3 Å². The summed E-state index contributed by atoms with van der Waals surface area (Å²) in [7, 11) is 0. The summed E-state index contributed by atoms with van der Waals surface area (Å²) in [6, 6.07) is 8.06. The van der Waals surface area contributed by atoms with Crippen molar-refractivity contribution >= 4 is 17.7 Å². The molecule has 2 fully saturated rings. The van der Waals surface area contributed by atoms with Crippen LogP contribution in [-0.4, -0.2) is 35.2 Å². The maximum atomic E-state index is 13.0. The number of nitrogens with one attached hydrogen (secondary N) is 1. The lowest BCUT2D eigenvalue weighted by Crippen LogP contribution is -2.45. The van der Waals surface area contributed by atoms with Crippen LogP contribution in [0.3, 0.4) is 0 Å². The minimum Gasteiger partial charge on any atom is -0.352 e. The van der Waals surface area contributed by atoms with Crippen molar-refractivity contribution in [3.63, 3.8) is 0 Å². The molecule has 1 N–H and O–H groups in total. The highest BCUT2D eigenvalue weighted by molar-refractivity contribution is 6.11. The fourth-order valence-electron chi connectivity index (χ4n) is 4.54. The molecule has 4 rings (SSSR count). The number of aryl methyl sites for hydroxylation is 1. The number of imide groups is 1. The molecule has 0 unspecified atom stereocenters. The molecule has 1 saturated carbocycles. The van der Waals surface area contributed by atoms with Crippen LogP contribution in [-0.2, 0) is 26.2 Å². The molecule has 126 valence electrons. The summed E-state index contributed by atoms with van der Waals surface area (Å²) in [4.78, 5) is 38.9. The van der Waals surface area contributed by atoms with Gasteiger partial charge in [-0.1, -0.05) is 37.1 Å². The van der Waals surface area contributed by atoms with Gasteiger partial charge in [0.15, 0.2) is 0 Å². The highest BCUT2D eigenvalue weighted by Gasteiger charge is 2.55. The number of rotatable bonds is 3. The van der Waals surface area contributed by atoms with E-state index < -0.39 is 5.41 Å². The van der Waals surface area contributed by atoms with Gasteiger partial charge in [-0.25, -0.2) is 0 Å². The summed E-state index contributed by atoms with van der Waals surface area (Å²) in [5.74, 6) is -0.635. The molecule has 0 bridgehead atoms. The summed E-state index contributed by atoms with van der Waals surface area (Å²) in [5.41, 5.74) is 1.39. The van der Waals surface area contributed by atoms with Crippen molar-refractivity contribution in [2.24, 2.45) is 0 Å². The van der Waals surface area contributed by atoms with Crippen LogP contribution < -0.4 is 5.32 Å². The van der Waals surface area contributed by atoms with Gasteiger partial charge < -0.3 is 5.32 Å². The number of nitrogens with zero attached hydrogens (tertiary/aromatic N) is 1. The van der Waals surface area contributed by atoms with Crippen molar-refractivity contribution in [2.75, 3.05) is 6.54 Å². The molecule has 1 spiro atoms. The minimum absolute atomic E-state index is 0.141. The van der Waals surface area contributed by atoms with E-state index in [0.29, 0.717) is 6.42 Å². The molecular weight excluding hydrogens is 304 g/mol. The van der Waals surface area contributed by atoms with E-state index in [1.54, 1.807) is 0 Å². The van der Waals surface area contributed by atoms with Gasteiger partial charge in [0.2, 0.25) is 17.7 Å². The fourth-order valence-corrected chi connectivity index (χ4v) is 4.54. The van der Waals surface area contributed by atoms with Crippen LogP contribution in [0, 0.1) is 0 Å². The highest BCUT2D eigenvalue weighted by atomic mass is 16.2. The average Bonchev–Trinajstić information content (AvgIpc) is 3.25. The first-order chi connectivity index (χ1) is 11.6. The zero-order valence-electron chi connectivity index (χ0n) is 13.7. The third-order valence-corrected chi connectivity index (χ3v) is 5.78. The molecule has 1 aromatic rings. The Morgan fingerprint density at radius 3 is 2.75 bits per heavy atom. The number of benzene rings is 1. The molecule has 1 aliphatic heterocycles. The predicted octanol–water partition coefficient (Wildman–Crippen LogP) is 1.69. The fraction of sp³-hybridized carbons (Fsp3) is 0.526. The van der Waals surface area contributed by atoms with Crippen LogP contribution >= 0.6 is 0 Å². The second kappa shape index (κ2) is 5.72. The maximum Gasteiger partial charge on any atom is 0.240 e. The summed E-state index contributed by atoms with van der Waals surface area (Å²) in [6.07, 6.45) is 5.92. The molecule has 1 saturated heterocycles. The average molecular weight is 326 g/mol. The first kappa shape index (κ1) is 15.4. The first-order valence-electron chi connectivity index (χ1n) is 8.83. The molecular formula is C19H22N2O3. The summed E-state index contributed by atoms with van der Waals surface area (Å²) >= 11 is 0. The lowest BCUT2D eigenvalue weighted by Gasteiger charge is -2.23. The zero-order valence-corrected chi connectivity index (χ0v) is 13.7. The minimum atomic E-state index is -0.735. The number of amides is 3. The highest BCUT2D eigenvalue weighted by Crippen LogP contribution is 2.46. The van der Waals surface area contributed by atoms with Crippen LogP contribution in [0.5, 0.6) is 0 Å². The Morgan fingerprint density at radius 2 is 1.96 bits per heavy atom. The zero-order chi connectivity index (χ0) is 16.7. The molecule has 1 aromatic carbocycles. The normalized spacial score (nSPS) is 26.4. The van der Waals surface area contributed by atoms with Crippen molar-refractivity contribution in [1.82, 2.24) is 10.2 Å². The van der Waals surface area contributed by atoms with Crippen LogP contribution in [0.1, 0.15) is 49.7 Å². The van der Waals surface area contributed by atoms with Gasteiger partial charge in [-0.2, -0.15) is 0 Å². The monoisotopic (exact) mass is 326 g/mol. The van der Waals surface area contributed by atoms with Crippen molar-refractivity contribution in [3.05, 3.63) is 35.4 Å². The lowest BCUT2D eigenvalue weighted by atomic mass is 9.80. The van der Waals surface area contributed by atoms with E-state index in [4.69, 9.17) is 0 Å². The number of fused-ring (bicyclic) bond motifs is 2. The molecule has 1 atom stereocenters. The SMILES string of the molecule is O=C(CN1C(=O)C[C@@]2(CCc3ccccc32)C1=O)NC1CCCC1. The quantitative estimate of drug-likeness (QED) is 0.860. The van der Waals surface area contributed by atoms with Crippen molar-refractivity contribution in [2.45, 2.75) is 56.4 Å². The number of likely N-dealkylation sites (tertiary alicyclic amines) is 1. The lowest BCUT2D eigenvalue weighted by molar-refractivity contribution is -0.143. The maximum absolute atomic E-state index is 13.0. The number of carbonyl (C=O) groups is 3. The van der Waals surface area contributed by atoms with Crippen molar-refractivity contribution in [3.8, 4) is 0 Å². The Bertz CT molecular complexity index is 708.